The Hall–Kier alpha value is -1.81. The largest absolute Gasteiger partial charge is 0.443 e. The number of ether oxygens (including phenoxy) is 1. The summed E-state index contributed by atoms with van der Waals surface area (Å²) in [4.78, 5) is 12.2. The second-order valence-electron chi connectivity index (χ2n) is 5.56. The SMILES string of the molecule is CC(C)(C)OC(=O)n1cc(CCN)c2ccccc21. The van der Waals surface area contributed by atoms with Crippen LogP contribution < -0.4 is 5.73 Å². The summed E-state index contributed by atoms with van der Waals surface area (Å²) < 4.78 is 6.98. The molecule has 4 nitrogen and oxygen atoms in total. The molecule has 2 N–H and O–H groups in total. The molecule has 0 radical (unpaired) electrons. The molecule has 2 aromatic rings. The van der Waals surface area contributed by atoms with Crippen molar-refractivity contribution in [3.8, 4) is 0 Å². The van der Waals surface area contributed by atoms with Crippen molar-refractivity contribution in [2.24, 2.45) is 5.73 Å². The molecular formula is C15H20N2O2. The second kappa shape index (κ2) is 5.05. The van der Waals surface area contributed by atoms with Gasteiger partial charge in [0.05, 0.1) is 5.52 Å². The van der Waals surface area contributed by atoms with E-state index in [2.05, 4.69) is 0 Å². The maximum Gasteiger partial charge on any atom is 0.419 e. The van der Waals surface area contributed by atoms with E-state index < -0.39 is 5.60 Å². The van der Waals surface area contributed by atoms with Gasteiger partial charge in [0.15, 0.2) is 0 Å². The van der Waals surface area contributed by atoms with Crippen molar-refractivity contribution in [2.75, 3.05) is 6.54 Å². The molecule has 0 aliphatic rings. The summed E-state index contributed by atoms with van der Waals surface area (Å²) in [5, 5.41) is 1.05. The zero-order chi connectivity index (χ0) is 14.0. The molecule has 0 unspecified atom stereocenters. The molecule has 0 aliphatic carbocycles. The molecule has 0 spiro atoms. The Morgan fingerprint density at radius 1 is 1.32 bits per heavy atom. The van der Waals surface area contributed by atoms with E-state index in [-0.39, 0.29) is 6.09 Å². The Labute approximate surface area is 113 Å². The number of hydrogen-bond donors (Lipinski definition) is 1. The zero-order valence-electron chi connectivity index (χ0n) is 11.6. The number of carbonyl (C=O) groups is 1. The topological polar surface area (TPSA) is 57.2 Å². The third kappa shape index (κ3) is 2.96. The molecule has 0 bridgehead atoms. The Morgan fingerprint density at radius 2 is 2.00 bits per heavy atom. The highest BCUT2D eigenvalue weighted by molar-refractivity contribution is 5.92. The van der Waals surface area contributed by atoms with E-state index >= 15 is 0 Å². The van der Waals surface area contributed by atoms with Crippen LogP contribution in [0, 0.1) is 0 Å². The first kappa shape index (κ1) is 13.6. The Kier molecular flexibility index (Phi) is 3.62. The summed E-state index contributed by atoms with van der Waals surface area (Å²) in [7, 11) is 0. The van der Waals surface area contributed by atoms with Crippen LogP contribution in [0.5, 0.6) is 0 Å². The molecule has 1 heterocycles. The molecule has 0 amide bonds. The van der Waals surface area contributed by atoms with Gasteiger partial charge in [-0.05, 0) is 45.4 Å². The van der Waals surface area contributed by atoms with Crippen molar-refractivity contribution < 1.29 is 9.53 Å². The smallest absolute Gasteiger partial charge is 0.419 e. The van der Waals surface area contributed by atoms with Crippen molar-refractivity contribution in [1.82, 2.24) is 4.57 Å². The van der Waals surface area contributed by atoms with E-state index in [1.807, 2.05) is 51.2 Å². The summed E-state index contributed by atoms with van der Waals surface area (Å²) in [6.07, 6.45) is 2.22. The maximum atomic E-state index is 12.2. The van der Waals surface area contributed by atoms with Gasteiger partial charge >= 0.3 is 6.09 Å². The number of hydrogen-bond acceptors (Lipinski definition) is 3. The third-order valence-corrected chi connectivity index (χ3v) is 2.80. The highest BCUT2D eigenvalue weighted by Gasteiger charge is 2.20. The molecule has 0 fully saturated rings. The van der Waals surface area contributed by atoms with E-state index in [1.54, 1.807) is 4.57 Å². The second-order valence-corrected chi connectivity index (χ2v) is 5.56. The van der Waals surface area contributed by atoms with Crippen LogP contribution in [0.4, 0.5) is 4.79 Å². The Balaban J connectivity index is 2.46. The molecule has 0 aliphatic heterocycles. The molecule has 0 atom stereocenters. The minimum Gasteiger partial charge on any atom is -0.443 e. The highest BCUT2D eigenvalue weighted by Crippen LogP contribution is 2.22. The van der Waals surface area contributed by atoms with Crippen molar-refractivity contribution >= 4 is 17.0 Å². The molecule has 0 saturated carbocycles. The lowest BCUT2D eigenvalue weighted by Gasteiger charge is -2.19. The number of para-hydroxylation sites is 1. The van der Waals surface area contributed by atoms with Gasteiger partial charge in [-0.1, -0.05) is 18.2 Å². The lowest BCUT2D eigenvalue weighted by atomic mass is 10.1. The predicted molar refractivity (Wildman–Crippen MR) is 76.3 cm³/mol. The number of carbonyl (C=O) groups excluding carboxylic acids is 1. The first-order valence-electron chi connectivity index (χ1n) is 6.45. The van der Waals surface area contributed by atoms with Gasteiger partial charge in [0.1, 0.15) is 5.60 Å². The van der Waals surface area contributed by atoms with E-state index in [9.17, 15) is 4.79 Å². The average molecular weight is 260 g/mol. The summed E-state index contributed by atoms with van der Waals surface area (Å²) in [5.74, 6) is 0. The Morgan fingerprint density at radius 3 is 2.63 bits per heavy atom. The molecule has 4 heteroatoms. The van der Waals surface area contributed by atoms with Crippen LogP contribution in [0.2, 0.25) is 0 Å². The fraction of sp³-hybridized carbons (Fsp3) is 0.400. The fourth-order valence-electron chi connectivity index (χ4n) is 2.07. The van der Waals surface area contributed by atoms with E-state index in [0.29, 0.717) is 6.54 Å². The number of fused-ring (bicyclic) bond motifs is 1. The van der Waals surface area contributed by atoms with Crippen molar-refractivity contribution in [1.29, 1.82) is 0 Å². The fourth-order valence-corrected chi connectivity index (χ4v) is 2.07. The summed E-state index contributed by atoms with van der Waals surface area (Å²) in [5.41, 5.74) is 7.04. The lowest BCUT2D eigenvalue weighted by Crippen LogP contribution is -2.26. The van der Waals surface area contributed by atoms with E-state index in [4.69, 9.17) is 10.5 Å². The monoisotopic (exact) mass is 260 g/mol. The average Bonchev–Trinajstić information content (AvgIpc) is 2.67. The summed E-state index contributed by atoms with van der Waals surface area (Å²) in [6.45, 7) is 6.13. The number of benzene rings is 1. The van der Waals surface area contributed by atoms with Crippen LogP contribution in [-0.4, -0.2) is 22.8 Å². The molecule has 102 valence electrons. The summed E-state index contributed by atoms with van der Waals surface area (Å²) >= 11 is 0. The molecule has 2 rings (SSSR count). The summed E-state index contributed by atoms with van der Waals surface area (Å²) in [6, 6.07) is 7.79. The zero-order valence-corrected chi connectivity index (χ0v) is 11.6. The van der Waals surface area contributed by atoms with Gasteiger partial charge in [-0.3, -0.25) is 4.57 Å². The number of nitrogens with two attached hydrogens (primary N) is 1. The lowest BCUT2D eigenvalue weighted by molar-refractivity contribution is 0.0544. The van der Waals surface area contributed by atoms with Gasteiger partial charge in [0.25, 0.3) is 0 Å². The molecule has 1 aromatic carbocycles. The van der Waals surface area contributed by atoms with E-state index in [0.717, 1.165) is 22.9 Å². The highest BCUT2D eigenvalue weighted by atomic mass is 16.6. The molecule has 0 saturated heterocycles. The number of rotatable bonds is 2. The molecule has 19 heavy (non-hydrogen) atoms. The maximum absolute atomic E-state index is 12.2. The van der Waals surface area contributed by atoms with Crippen molar-refractivity contribution in [3.05, 3.63) is 36.0 Å². The van der Waals surface area contributed by atoms with Crippen LogP contribution in [0.1, 0.15) is 26.3 Å². The van der Waals surface area contributed by atoms with Gasteiger partial charge in [0, 0.05) is 11.6 Å². The van der Waals surface area contributed by atoms with Gasteiger partial charge in [-0.25, -0.2) is 4.79 Å². The van der Waals surface area contributed by atoms with Crippen molar-refractivity contribution in [2.45, 2.75) is 32.8 Å². The van der Waals surface area contributed by atoms with Gasteiger partial charge in [-0.2, -0.15) is 0 Å². The van der Waals surface area contributed by atoms with Crippen LogP contribution in [0.3, 0.4) is 0 Å². The van der Waals surface area contributed by atoms with Crippen LogP contribution in [0.25, 0.3) is 10.9 Å². The number of aromatic nitrogens is 1. The van der Waals surface area contributed by atoms with Crippen LogP contribution in [0.15, 0.2) is 30.5 Å². The molecule has 1 aromatic heterocycles. The van der Waals surface area contributed by atoms with E-state index in [1.165, 1.54) is 0 Å². The van der Waals surface area contributed by atoms with Gasteiger partial charge in [-0.15, -0.1) is 0 Å². The van der Waals surface area contributed by atoms with Crippen LogP contribution >= 0.6 is 0 Å². The number of nitrogens with zero attached hydrogens (tertiary/aromatic N) is 1. The molecular weight excluding hydrogens is 240 g/mol. The first-order valence-corrected chi connectivity index (χ1v) is 6.45. The minimum absolute atomic E-state index is 0.355. The normalized spacial score (nSPS) is 11.8. The Bertz CT molecular complexity index is 594. The predicted octanol–water partition coefficient (Wildman–Crippen LogP) is 2.93. The third-order valence-electron chi connectivity index (χ3n) is 2.80. The quantitative estimate of drug-likeness (QED) is 0.903. The van der Waals surface area contributed by atoms with Gasteiger partial charge < -0.3 is 10.5 Å². The van der Waals surface area contributed by atoms with Crippen LogP contribution in [-0.2, 0) is 11.2 Å². The minimum atomic E-state index is -0.503. The van der Waals surface area contributed by atoms with Crippen molar-refractivity contribution in [3.63, 3.8) is 0 Å². The van der Waals surface area contributed by atoms with Gasteiger partial charge in [0.2, 0.25) is 0 Å². The standard InChI is InChI=1S/C15H20N2O2/c1-15(2,3)19-14(18)17-10-11(8-9-16)12-6-4-5-7-13(12)17/h4-7,10H,8-9,16H2,1-3H3. The first-order chi connectivity index (χ1) is 8.92.